The number of rotatable bonds is 11. The van der Waals surface area contributed by atoms with Crippen LogP contribution in [0.15, 0.2) is 36.4 Å². The predicted octanol–water partition coefficient (Wildman–Crippen LogP) is 7.66. The third-order valence-corrected chi connectivity index (χ3v) is 18.5. The Kier molecular flexibility index (Phi) is 7.36. The van der Waals surface area contributed by atoms with Crippen molar-refractivity contribution in [2.75, 3.05) is 33.9 Å². The van der Waals surface area contributed by atoms with Crippen molar-refractivity contribution in [3.8, 4) is 11.5 Å². The number of likely N-dealkylation sites (tertiary alicyclic amines) is 1. The summed E-state index contributed by atoms with van der Waals surface area (Å²) in [5.41, 5.74) is 5.19. The zero-order valence-corrected chi connectivity index (χ0v) is 30.2. The fourth-order valence-electron chi connectivity index (χ4n) is 10.4. The Bertz CT molecular complexity index is 1480. The summed E-state index contributed by atoms with van der Waals surface area (Å²) >= 11 is 0. The van der Waals surface area contributed by atoms with E-state index in [0.29, 0.717) is 25.9 Å². The normalized spacial score (nSPS) is 34.4. The lowest BCUT2D eigenvalue weighted by molar-refractivity contribution is -0.283. The maximum atomic E-state index is 7.19. The second-order valence-corrected chi connectivity index (χ2v) is 21.9. The van der Waals surface area contributed by atoms with Gasteiger partial charge in [0.05, 0.1) is 26.9 Å². The molecule has 2 aromatic carbocycles. The molecule has 2 heterocycles. The molecule has 0 N–H and O–H groups in total. The van der Waals surface area contributed by atoms with Gasteiger partial charge in [-0.25, -0.2) is 0 Å². The number of hydrogen-bond acceptors (Lipinski definition) is 6. The van der Waals surface area contributed by atoms with E-state index in [1.54, 1.807) is 7.11 Å². The molecule has 0 amide bonds. The van der Waals surface area contributed by atoms with Crippen LogP contribution in [0.3, 0.4) is 0 Å². The number of hydrogen-bond donors (Lipinski definition) is 0. The van der Waals surface area contributed by atoms with Crippen molar-refractivity contribution in [3.05, 3.63) is 58.7 Å². The number of fused-ring (bicyclic) bond motifs is 2. The number of piperidine rings is 1. The van der Waals surface area contributed by atoms with Crippen molar-refractivity contribution in [2.45, 2.75) is 120 Å². The Morgan fingerprint density at radius 1 is 0.957 bits per heavy atom. The van der Waals surface area contributed by atoms with Crippen LogP contribution < -0.4 is 9.47 Å². The van der Waals surface area contributed by atoms with Crippen LogP contribution in [0.1, 0.15) is 81.5 Å². The van der Waals surface area contributed by atoms with Crippen molar-refractivity contribution in [1.29, 1.82) is 0 Å². The van der Waals surface area contributed by atoms with Gasteiger partial charge in [0.1, 0.15) is 11.7 Å². The van der Waals surface area contributed by atoms with Crippen LogP contribution in [-0.4, -0.2) is 64.9 Å². The van der Waals surface area contributed by atoms with Gasteiger partial charge < -0.3 is 23.4 Å². The quantitative estimate of drug-likeness (QED) is 0.234. The molecule has 0 unspecified atom stereocenters. The van der Waals surface area contributed by atoms with Gasteiger partial charge in [-0.1, -0.05) is 51.1 Å². The summed E-state index contributed by atoms with van der Waals surface area (Å²) in [4.78, 5) is 2.91. The van der Waals surface area contributed by atoms with Gasteiger partial charge in [-0.05, 0) is 98.3 Å². The van der Waals surface area contributed by atoms with Crippen LogP contribution in [0.4, 0.5) is 0 Å². The van der Waals surface area contributed by atoms with E-state index < -0.39 is 8.32 Å². The van der Waals surface area contributed by atoms with Gasteiger partial charge >= 0.3 is 0 Å². The molecule has 6 nitrogen and oxygen atoms in total. The molecule has 9 rings (SSSR count). The fourth-order valence-corrected chi connectivity index (χ4v) is 11.4. The number of ether oxygens (including phenoxy) is 4. The molecule has 7 heteroatoms. The van der Waals surface area contributed by atoms with E-state index in [1.807, 2.05) is 7.11 Å². The van der Waals surface area contributed by atoms with Gasteiger partial charge in [0.25, 0.3) is 0 Å². The molecule has 6 atom stereocenters. The van der Waals surface area contributed by atoms with Crippen molar-refractivity contribution in [1.82, 2.24) is 4.90 Å². The van der Waals surface area contributed by atoms with Gasteiger partial charge in [-0.15, -0.1) is 0 Å². The first-order valence-electron chi connectivity index (χ1n) is 17.9. The lowest BCUT2D eigenvalue weighted by atomic mass is 9.35. The second-order valence-electron chi connectivity index (χ2n) is 17.1. The van der Waals surface area contributed by atoms with Gasteiger partial charge in [-0.3, -0.25) is 4.90 Å². The lowest BCUT2D eigenvalue weighted by Crippen LogP contribution is -2.81. The van der Waals surface area contributed by atoms with Crippen molar-refractivity contribution < 1.29 is 23.4 Å². The molecular formula is C39H55NO5Si. The Hall–Kier alpha value is -1.90. The first kappa shape index (κ1) is 31.4. The van der Waals surface area contributed by atoms with Crippen LogP contribution in [0.2, 0.25) is 18.1 Å². The highest BCUT2D eigenvalue weighted by molar-refractivity contribution is 6.74. The molecular weight excluding hydrogens is 591 g/mol. The molecule has 250 valence electrons. The molecule has 0 aromatic heterocycles. The largest absolute Gasteiger partial charge is 0.493 e. The minimum atomic E-state index is -1.78. The van der Waals surface area contributed by atoms with Crippen LogP contribution in [0, 0.1) is 17.3 Å². The second kappa shape index (κ2) is 10.8. The van der Waals surface area contributed by atoms with Gasteiger partial charge in [0.15, 0.2) is 19.8 Å². The van der Waals surface area contributed by atoms with Gasteiger partial charge in [-0.2, -0.15) is 0 Å². The monoisotopic (exact) mass is 645 g/mol. The molecule has 7 aliphatic rings. The summed E-state index contributed by atoms with van der Waals surface area (Å²) in [7, 11) is 1.94. The summed E-state index contributed by atoms with van der Waals surface area (Å²) in [6.07, 6.45) is 8.46. The molecule has 2 spiro atoms. The number of benzene rings is 2. The van der Waals surface area contributed by atoms with Gasteiger partial charge in [0, 0.05) is 42.0 Å². The summed E-state index contributed by atoms with van der Waals surface area (Å²) in [6, 6.07) is 13.9. The standard InChI is InChI=1S/C39H55NO5Si/c1-36(2,3)46(6,7)44-24-28-12-10-27(11-13-28)23-43-25-30-21-37-16-17-39(30,42-5)35-38(37)18-19-40(22-26-8-9-26)32(37)20-29-14-15-31(41-4)34(45-35)33(29)38/h10-15,26,30,32,35H,8-9,16-25H2,1-7H3/t30-,32-,35-,37-,38+,39-/m1/s1. The minimum absolute atomic E-state index is 0.00259. The van der Waals surface area contributed by atoms with Crippen LogP contribution in [0.5, 0.6) is 11.5 Å². The van der Waals surface area contributed by atoms with E-state index in [0.717, 1.165) is 49.6 Å². The number of nitrogens with zero attached hydrogens (tertiary/aromatic N) is 1. The van der Waals surface area contributed by atoms with E-state index in [2.05, 4.69) is 75.2 Å². The van der Waals surface area contributed by atoms with E-state index in [-0.39, 0.29) is 33.5 Å². The lowest BCUT2D eigenvalue weighted by Gasteiger charge is -2.74. The van der Waals surface area contributed by atoms with Crippen LogP contribution in [-0.2, 0) is 38.9 Å². The molecule has 4 bridgehead atoms. The smallest absolute Gasteiger partial charge is 0.192 e. The average molecular weight is 646 g/mol. The Morgan fingerprint density at radius 3 is 2.37 bits per heavy atom. The molecule has 4 saturated carbocycles. The van der Waals surface area contributed by atoms with Gasteiger partial charge in [0.2, 0.25) is 0 Å². The summed E-state index contributed by atoms with van der Waals surface area (Å²) in [6.45, 7) is 15.9. The maximum absolute atomic E-state index is 7.19. The summed E-state index contributed by atoms with van der Waals surface area (Å²) < 4.78 is 33.0. The Balaban J connectivity index is 1.04. The average Bonchev–Trinajstić information content (AvgIpc) is 3.78. The summed E-state index contributed by atoms with van der Waals surface area (Å²) in [5.74, 6) is 3.06. The summed E-state index contributed by atoms with van der Waals surface area (Å²) in [5, 5.41) is 0.213. The predicted molar refractivity (Wildman–Crippen MR) is 183 cm³/mol. The van der Waals surface area contributed by atoms with Crippen molar-refractivity contribution in [3.63, 3.8) is 0 Å². The molecule has 46 heavy (non-hydrogen) atoms. The minimum Gasteiger partial charge on any atom is -0.493 e. The van der Waals surface area contributed by atoms with Crippen molar-refractivity contribution >= 4 is 8.32 Å². The highest BCUT2D eigenvalue weighted by Crippen LogP contribution is 2.76. The SMILES string of the molecule is COc1ccc2c3c1O[C@H]1[C@@]4(OC)CC[C@@]5(C[C@@H]4COCc4ccc(CO[Si](C)(C)C(C)(C)C)cc4)[C@@H](C2)N(CC2CC2)CC[C@]315. The molecule has 1 saturated heterocycles. The molecule has 0 radical (unpaired) electrons. The van der Waals surface area contributed by atoms with Crippen molar-refractivity contribution in [2.24, 2.45) is 17.3 Å². The Labute approximate surface area is 277 Å². The maximum Gasteiger partial charge on any atom is 0.192 e. The van der Waals surface area contributed by atoms with Crippen LogP contribution in [0.25, 0.3) is 0 Å². The molecule has 2 aromatic rings. The van der Waals surface area contributed by atoms with Crippen LogP contribution >= 0.6 is 0 Å². The number of methoxy groups -OCH3 is 2. The molecule has 2 aliphatic heterocycles. The highest BCUT2D eigenvalue weighted by atomic mass is 28.4. The fraction of sp³-hybridized carbons (Fsp3) is 0.692. The third-order valence-electron chi connectivity index (χ3n) is 14.0. The first-order chi connectivity index (χ1) is 22.0. The molecule has 5 fully saturated rings. The van der Waals surface area contributed by atoms with E-state index in [1.165, 1.54) is 48.1 Å². The third kappa shape index (κ3) is 4.40. The first-order valence-corrected chi connectivity index (χ1v) is 20.8. The van der Waals surface area contributed by atoms with E-state index in [4.69, 9.17) is 23.4 Å². The Morgan fingerprint density at radius 2 is 1.70 bits per heavy atom. The van der Waals surface area contributed by atoms with E-state index >= 15 is 0 Å². The highest BCUT2D eigenvalue weighted by Gasteiger charge is 2.80. The van der Waals surface area contributed by atoms with E-state index in [9.17, 15) is 0 Å². The zero-order valence-electron chi connectivity index (χ0n) is 29.2. The molecule has 5 aliphatic carbocycles. The zero-order chi connectivity index (χ0) is 32.1. The topological polar surface area (TPSA) is 49.4 Å².